The molecule has 0 aliphatic carbocycles. The molecule has 4 aromatic carbocycles. The van der Waals surface area contributed by atoms with Gasteiger partial charge < -0.3 is 90.2 Å². The highest BCUT2D eigenvalue weighted by Gasteiger charge is 2.42. The molecule has 1 saturated heterocycles. The van der Waals surface area contributed by atoms with Crippen molar-refractivity contribution in [1.29, 1.82) is 0 Å². The number of aliphatic carboxylic acids is 2. The Bertz CT molecular complexity index is 3160. The first-order valence-corrected chi connectivity index (χ1v) is 29.5. The molecule has 0 bridgehead atoms. The van der Waals surface area contributed by atoms with E-state index in [1.54, 1.807) is 60.7 Å². The molecule has 0 saturated carbocycles. The van der Waals surface area contributed by atoms with Crippen LogP contribution < -0.4 is 59.7 Å². The Morgan fingerprint density at radius 2 is 0.934 bits per heavy atom. The van der Waals surface area contributed by atoms with Crippen LogP contribution in [0.3, 0.4) is 0 Å². The third kappa shape index (κ3) is 23.5. The number of nitrogens with one attached hydrogen (secondary N) is 8. The van der Waals surface area contributed by atoms with Crippen molar-refractivity contribution >= 4 is 71.0 Å². The third-order valence-corrected chi connectivity index (χ3v) is 14.8. The average molecular weight is 1270 g/mol. The van der Waals surface area contributed by atoms with Gasteiger partial charge in [-0.1, -0.05) is 84.9 Å². The smallest absolute Gasteiger partial charge is 0.326 e. The number of aliphatic hydroxyl groups excluding tert-OH is 1. The van der Waals surface area contributed by atoms with Gasteiger partial charge in [0.2, 0.25) is 59.1 Å². The number of carbonyl (C=O) groups excluding carboxylic acids is 10. The number of carbonyl (C=O) groups is 12. The number of amides is 10. The van der Waals surface area contributed by atoms with Gasteiger partial charge in [-0.2, -0.15) is 0 Å². The lowest BCUT2D eigenvalue weighted by Crippen LogP contribution is -2.62. The Labute approximate surface area is 524 Å². The first kappa shape index (κ1) is 71.8. The van der Waals surface area contributed by atoms with E-state index >= 15 is 0 Å². The molecular weight excluding hydrogens is 1180 g/mol. The lowest BCUT2D eigenvalue weighted by atomic mass is 10.0. The number of aromatic hydroxyl groups is 2. The minimum atomic E-state index is -1.86. The van der Waals surface area contributed by atoms with Crippen LogP contribution >= 0.6 is 0 Å². The van der Waals surface area contributed by atoms with Crippen molar-refractivity contribution in [2.24, 2.45) is 17.2 Å². The van der Waals surface area contributed by atoms with Crippen LogP contribution in [0, 0.1) is 0 Å². The van der Waals surface area contributed by atoms with Crippen LogP contribution in [-0.4, -0.2) is 182 Å². The van der Waals surface area contributed by atoms with E-state index < -0.39 is 157 Å². The highest BCUT2D eigenvalue weighted by molar-refractivity contribution is 6.00. The fourth-order valence-corrected chi connectivity index (χ4v) is 10.00. The predicted octanol–water partition coefficient (Wildman–Crippen LogP) is -2.47. The Balaban J connectivity index is 1.36. The number of unbranched alkanes of at least 4 members (excludes halogenated alkanes) is 1. The van der Waals surface area contributed by atoms with Crippen molar-refractivity contribution in [3.8, 4) is 11.5 Å². The number of likely N-dealkylation sites (tertiary alicyclic amines) is 1. The number of aliphatic hydroxyl groups is 1. The highest BCUT2D eigenvalue weighted by Crippen LogP contribution is 2.21. The standard InChI is InChI=1S/C62H80N12O17/c1-35(75)53(73-59(87)49-16-10-28-74(49)61(89)47(33-50(65)78)71-55(83)43(25-26-52(80)81)68-56(84)44(66-51(79)34-64)30-38-17-21-40(76)22-18-38)60(88)70-46(31-39-19-23-41(77)24-20-39)57(85)67-42(15-8-9-27-63)54(82)69-45(29-36-11-4-2-5-12-36)58(86)72-48(62(90)91)32-37-13-6-3-7-14-37/h2-7,11-14,17-24,35,42-49,53,75-77H,8-10,15-16,25-34,63-64H2,1H3,(H2,65,78)(H,66,79)(H,67,85)(H,68,84)(H,69,82)(H,70,88)(H,71,83)(H,72,86)(H,73,87)(H,80,81)(H,90,91)/t35-,42+,43+,44+,45+,46+,47+,48+,49+,53+/m1/s1. The van der Waals surface area contributed by atoms with E-state index in [1.165, 1.54) is 48.5 Å². The Kier molecular flexibility index (Phi) is 28.3. The molecule has 0 unspecified atom stereocenters. The lowest BCUT2D eigenvalue weighted by Gasteiger charge is -2.31. The molecule has 490 valence electrons. The topological polar surface area (TPSA) is 484 Å². The summed E-state index contributed by atoms with van der Waals surface area (Å²) >= 11 is 0. The van der Waals surface area contributed by atoms with Gasteiger partial charge in [0.25, 0.3) is 0 Å². The van der Waals surface area contributed by atoms with Crippen molar-refractivity contribution < 1.29 is 83.1 Å². The van der Waals surface area contributed by atoms with Gasteiger partial charge in [-0.05, 0) is 98.5 Å². The Hall–Kier alpha value is -10.0. The van der Waals surface area contributed by atoms with Crippen LogP contribution in [0.25, 0.3) is 0 Å². The number of hydrogen-bond donors (Lipinski definition) is 16. The van der Waals surface area contributed by atoms with Crippen molar-refractivity contribution in [2.75, 3.05) is 19.6 Å². The van der Waals surface area contributed by atoms with E-state index in [1.807, 2.05) is 0 Å². The summed E-state index contributed by atoms with van der Waals surface area (Å²) < 4.78 is 0. The summed E-state index contributed by atoms with van der Waals surface area (Å²) in [7, 11) is 0. The summed E-state index contributed by atoms with van der Waals surface area (Å²) in [6.45, 7) is 0.656. The summed E-state index contributed by atoms with van der Waals surface area (Å²) in [4.78, 5) is 164. The number of benzene rings is 4. The molecule has 91 heavy (non-hydrogen) atoms. The summed E-state index contributed by atoms with van der Waals surface area (Å²) in [5.74, 6) is -12.8. The van der Waals surface area contributed by atoms with Gasteiger partial charge in [-0.15, -0.1) is 0 Å². The molecular formula is C62H80N12O17. The molecule has 1 heterocycles. The number of primary amides is 1. The van der Waals surface area contributed by atoms with E-state index in [2.05, 4.69) is 42.5 Å². The molecule has 10 atom stereocenters. The SMILES string of the molecule is C[C@@H](O)[C@H](NC(=O)[C@@H]1CCCN1C(=O)[C@H](CC(N)=O)NC(=O)[C@H](CCC(=O)O)NC(=O)[C@H](Cc1ccc(O)cc1)NC(=O)CN)C(=O)N[C@@H](Cc1ccc(O)cc1)C(=O)N[C@@H](CCCCN)C(=O)N[C@@H](Cc1ccccc1)C(=O)N[C@@H](Cc1ccccc1)C(=O)O. The molecule has 0 spiro atoms. The zero-order valence-electron chi connectivity index (χ0n) is 50.1. The number of nitrogens with two attached hydrogens (primary N) is 3. The van der Waals surface area contributed by atoms with Crippen molar-refractivity contribution in [3.63, 3.8) is 0 Å². The van der Waals surface area contributed by atoms with Crippen molar-refractivity contribution in [2.45, 2.75) is 144 Å². The van der Waals surface area contributed by atoms with Gasteiger partial charge in [0.05, 0.1) is 19.1 Å². The molecule has 0 aromatic heterocycles. The first-order valence-electron chi connectivity index (χ1n) is 29.5. The zero-order chi connectivity index (χ0) is 66.7. The van der Waals surface area contributed by atoms with Crippen LogP contribution in [0.2, 0.25) is 0 Å². The highest BCUT2D eigenvalue weighted by atomic mass is 16.4. The quantitative estimate of drug-likeness (QED) is 0.0210. The van der Waals surface area contributed by atoms with Gasteiger partial charge in [-0.25, -0.2) is 4.79 Å². The first-order chi connectivity index (χ1) is 43.3. The summed E-state index contributed by atoms with van der Waals surface area (Å²) in [6.07, 6.45) is -3.80. The van der Waals surface area contributed by atoms with Gasteiger partial charge in [0.15, 0.2) is 0 Å². The summed E-state index contributed by atoms with van der Waals surface area (Å²) in [6, 6.07) is 14.2. The lowest BCUT2D eigenvalue weighted by molar-refractivity contribution is -0.144. The third-order valence-electron chi connectivity index (χ3n) is 14.8. The Morgan fingerprint density at radius 1 is 0.516 bits per heavy atom. The maximum atomic E-state index is 14.6. The second-order valence-electron chi connectivity index (χ2n) is 22.0. The molecule has 29 nitrogen and oxygen atoms in total. The van der Waals surface area contributed by atoms with Crippen LogP contribution in [0.5, 0.6) is 11.5 Å². The Morgan fingerprint density at radius 3 is 1.38 bits per heavy atom. The number of carboxylic acid groups (broad SMARTS) is 2. The predicted molar refractivity (Wildman–Crippen MR) is 326 cm³/mol. The largest absolute Gasteiger partial charge is 0.508 e. The maximum Gasteiger partial charge on any atom is 0.326 e. The maximum absolute atomic E-state index is 14.6. The number of phenols is 2. The van der Waals surface area contributed by atoms with Crippen LogP contribution in [-0.2, 0) is 83.2 Å². The van der Waals surface area contributed by atoms with Crippen molar-refractivity contribution in [3.05, 3.63) is 131 Å². The van der Waals surface area contributed by atoms with E-state index in [-0.39, 0.29) is 76.0 Å². The van der Waals surface area contributed by atoms with Gasteiger partial charge >= 0.3 is 11.9 Å². The second kappa shape index (κ2) is 35.9. The van der Waals surface area contributed by atoms with Crippen LogP contribution in [0.1, 0.15) is 80.5 Å². The number of nitrogens with zero attached hydrogens (tertiary/aromatic N) is 1. The molecule has 4 aromatic rings. The minimum Gasteiger partial charge on any atom is -0.508 e. The summed E-state index contributed by atoms with van der Waals surface area (Å²) in [5, 5.41) is 70.6. The summed E-state index contributed by atoms with van der Waals surface area (Å²) in [5.41, 5.74) is 18.9. The zero-order valence-corrected chi connectivity index (χ0v) is 50.1. The second-order valence-corrected chi connectivity index (χ2v) is 22.0. The molecule has 10 amide bonds. The molecule has 29 heteroatoms. The fraction of sp³-hybridized carbons (Fsp3) is 0.419. The number of hydrogen-bond acceptors (Lipinski definition) is 17. The van der Waals surface area contributed by atoms with E-state index in [0.717, 1.165) is 11.8 Å². The molecule has 1 aliphatic heterocycles. The molecule has 1 aliphatic rings. The number of phenolic OH excluding ortho intramolecular Hbond substituents is 2. The minimum absolute atomic E-state index is 0.0468. The van der Waals surface area contributed by atoms with Crippen LogP contribution in [0.4, 0.5) is 0 Å². The normalized spacial score (nSPS) is 15.6. The van der Waals surface area contributed by atoms with Gasteiger partial charge in [0.1, 0.15) is 65.9 Å². The van der Waals surface area contributed by atoms with Crippen molar-refractivity contribution in [1.82, 2.24) is 47.4 Å². The monoisotopic (exact) mass is 1260 g/mol. The average Bonchev–Trinajstić information content (AvgIpc) is 1.99. The number of rotatable bonds is 36. The molecule has 0 radical (unpaired) electrons. The van der Waals surface area contributed by atoms with Crippen LogP contribution in [0.15, 0.2) is 109 Å². The number of carboxylic acids is 2. The fourth-order valence-electron chi connectivity index (χ4n) is 10.00. The van der Waals surface area contributed by atoms with Gasteiger partial charge in [-0.3, -0.25) is 52.7 Å². The van der Waals surface area contributed by atoms with E-state index in [0.29, 0.717) is 28.7 Å². The van der Waals surface area contributed by atoms with Gasteiger partial charge in [0, 0.05) is 38.6 Å². The molecule has 19 N–H and O–H groups in total. The van der Waals surface area contributed by atoms with E-state index in [4.69, 9.17) is 17.2 Å². The molecule has 5 rings (SSSR count). The van der Waals surface area contributed by atoms with E-state index in [9.17, 15) is 83.1 Å². The molecule has 1 fully saturated rings.